The van der Waals surface area contributed by atoms with Gasteiger partial charge in [-0.05, 0) is 19.1 Å². The van der Waals surface area contributed by atoms with Crippen molar-refractivity contribution in [3.8, 4) is 0 Å². The van der Waals surface area contributed by atoms with Crippen LogP contribution in [-0.2, 0) is 0 Å². The molecule has 0 atom stereocenters. The maximum atomic E-state index is 13.7. The van der Waals surface area contributed by atoms with Crippen molar-refractivity contribution in [1.29, 1.82) is 0 Å². The van der Waals surface area contributed by atoms with Crippen molar-refractivity contribution in [2.75, 3.05) is 6.54 Å². The summed E-state index contributed by atoms with van der Waals surface area (Å²) in [5.74, 6) is -0.817. The van der Waals surface area contributed by atoms with Crippen LogP contribution >= 0.6 is 11.8 Å². The second-order valence-corrected chi connectivity index (χ2v) is 6.56. The minimum Gasteiger partial charge on any atom is -0.352 e. The Morgan fingerprint density at radius 2 is 2.06 bits per heavy atom. The monoisotopic (exact) mass is 255 g/mol. The van der Waals surface area contributed by atoms with Gasteiger partial charge in [-0.15, -0.1) is 11.8 Å². The van der Waals surface area contributed by atoms with E-state index >= 15 is 0 Å². The Balaban J connectivity index is 3.13. The van der Waals surface area contributed by atoms with Crippen LogP contribution in [0.25, 0.3) is 0 Å². The first-order chi connectivity index (χ1) is 7.85. The fraction of sp³-hybridized carbons (Fsp3) is 0.462. The number of carbonyl (C=O) groups is 1. The Hall–Kier alpha value is -1.03. The van der Waals surface area contributed by atoms with Crippen molar-refractivity contribution in [3.63, 3.8) is 0 Å². The molecule has 17 heavy (non-hydrogen) atoms. The number of benzene rings is 1. The van der Waals surface area contributed by atoms with Gasteiger partial charge in [-0.25, -0.2) is 4.39 Å². The Kier molecular flexibility index (Phi) is 4.57. The largest absolute Gasteiger partial charge is 0.352 e. The van der Waals surface area contributed by atoms with E-state index in [1.54, 1.807) is 12.1 Å². The van der Waals surface area contributed by atoms with E-state index in [1.807, 2.05) is 27.7 Å². The van der Waals surface area contributed by atoms with E-state index in [1.165, 1.54) is 17.8 Å². The molecule has 0 heterocycles. The van der Waals surface area contributed by atoms with Crippen LogP contribution < -0.4 is 5.32 Å². The second kappa shape index (κ2) is 5.54. The van der Waals surface area contributed by atoms with Gasteiger partial charge in [0.2, 0.25) is 0 Å². The summed E-state index contributed by atoms with van der Waals surface area (Å²) < 4.78 is 13.7. The fourth-order valence-corrected chi connectivity index (χ4v) is 2.49. The summed E-state index contributed by atoms with van der Waals surface area (Å²) in [5.41, 5.74) is 0.147. The van der Waals surface area contributed by atoms with Crippen molar-refractivity contribution in [2.45, 2.75) is 37.3 Å². The number of carbonyl (C=O) groups excluding carboxylic acids is 1. The summed E-state index contributed by atoms with van der Waals surface area (Å²) in [5, 5.41) is 2.64. The predicted molar refractivity (Wildman–Crippen MR) is 70.0 cm³/mol. The lowest BCUT2D eigenvalue weighted by atomic mass is 10.2. The van der Waals surface area contributed by atoms with Gasteiger partial charge in [0.1, 0.15) is 5.82 Å². The third-order valence-corrected chi connectivity index (χ3v) is 3.13. The number of nitrogens with one attached hydrogen (secondary N) is 1. The second-order valence-electron chi connectivity index (χ2n) is 4.69. The van der Waals surface area contributed by atoms with Crippen LogP contribution in [0.4, 0.5) is 4.39 Å². The number of hydrogen-bond donors (Lipinski definition) is 1. The minimum atomic E-state index is -0.467. The van der Waals surface area contributed by atoms with E-state index < -0.39 is 5.82 Å². The Labute approximate surface area is 106 Å². The molecule has 1 aromatic rings. The van der Waals surface area contributed by atoms with Gasteiger partial charge in [0, 0.05) is 16.2 Å². The minimum absolute atomic E-state index is 0.0605. The van der Waals surface area contributed by atoms with Crippen LogP contribution in [0.2, 0.25) is 0 Å². The van der Waals surface area contributed by atoms with Crippen molar-refractivity contribution in [3.05, 3.63) is 29.6 Å². The predicted octanol–water partition coefficient (Wildman–Crippen LogP) is 3.47. The average molecular weight is 255 g/mol. The summed E-state index contributed by atoms with van der Waals surface area (Å²) in [6.45, 7) is 8.40. The number of halogens is 1. The van der Waals surface area contributed by atoms with Gasteiger partial charge in [0.25, 0.3) is 5.91 Å². The molecule has 0 aromatic heterocycles. The molecular weight excluding hydrogens is 237 g/mol. The molecule has 0 aliphatic carbocycles. The Bertz CT molecular complexity index is 412. The zero-order chi connectivity index (χ0) is 13.1. The molecular formula is C13H18FNOS. The smallest absolute Gasteiger partial charge is 0.255 e. The van der Waals surface area contributed by atoms with Gasteiger partial charge in [0.05, 0.1) is 5.56 Å². The topological polar surface area (TPSA) is 29.1 Å². The highest BCUT2D eigenvalue weighted by molar-refractivity contribution is 8.00. The summed E-state index contributed by atoms with van der Waals surface area (Å²) in [6.07, 6.45) is 0. The summed E-state index contributed by atoms with van der Waals surface area (Å²) in [7, 11) is 0. The van der Waals surface area contributed by atoms with Crippen LogP contribution in [0.15, 0.2) is 23.1 Å². The summed E-state index contributed by atoms with van der Waals surface area (Å²) in [6, 6.07) is 4.73. The molecule has 0 unspecified atom stereocenters. The van der Waals surface area contributed by atoms with E-state index in [-0.39, 0.29) is 16.2 Å². The molecule has 0 aliphatic heterocycles. The fourth-order valence-electron chi connectivity index (χ4n) is 1.39. The molecule has 0 spiro atoms. The van der Waals surface area contributed by atoms with E-state index in [2.05, 4.69) is 5.32 Å². The lowest BCUT2D eigenvalue weighted by Crippen LogP contribution is -2.25. The van der Waals surface area contributed by atoms with Crippen LogP contribution in [-0.4, -0.2) is 17.2 Å². The van der Waals surface area contributed by atoms with E-state index in [9.17, 15) is 9.18 Å². The van der Waals surface area contributed by atoms with Crippen molar-refractivity contribution in [2.24, 2.45) is 0 Å². The lowest BCUT2D eigenvalue weighted by molar-refractivity contribution is 0.0948. The number of hydrogen-bond acceptors (Lipinski definition) is 2. The molecule has 4 heteroatoms. The maximum absolute atomic E-state index is 13.7. The van der Waals surface area contributed by atoms with Gasteiger partial charge >= 0.3 is 0 Å². The molecule has 1 amide bonds. The first-order valence-corrected chi connectivity index (χ1v) is 6.42. The zero-order valence-corrected chi connectivity index (χ0v) is 11.5. The molecule has 2 nitrogen and oxygen atoms in total. The Morgan fingerprint density at radius 3 is 2.59 bits per heavy atom. The lowest BCUT2D eigenvalue weighted by Gasteiger charge is -2.19. The zero-order valence-electron chi connectivity index (χ0n) is 10.6. The molecule has 0 saturated heterocycles. The highest BCUT2D eigenvalue weighted by Crippen LogP contribution is 2.34. The Morgan fingerprint density at radius 1 is 1.41 bits per heavy atom. The van der Waals surface area contributed by atoms with Gasteiger partial charge in [-0.3, -0.25) is 4.79 Å². The third-order valence-electron chi connectivity index (χ3n) is 1.96. The highest BCUT2D eigenvalue weighted by Gasteiger charge is 2.20. The van der Waals surface area contributed by atoms with E-state index in [0.717, 1.165) is 0 Å². The first kappa shape index (κ1) is 14.0. The normalized spacial score (nSPS) is 11.4. The molecule has 0 radical (unpaired) electrons. The molecule has 0 aliphatic rings. The van der Waals surface area contributed by atoms with Gasteiger partial charge in [0.15, 0.2) is 0 Å². The van der Waals surface area contributed by atoms with Crippen LogP contribution in [0.1, 0.15) is 38.1 Å². The molecule has 94 valence electrons. The van der Waals surface area contributed by atoms with Crippen LogP contribution in [0.5, 0.6) is 0 Å². The third kappa shape index (κ3) is 4.04. The van der Waals surface area contributed by atoms with Crippen molar-refractivity contribution in [1.82, 2.24) is 5.32 Å². The molecule has 1 aromatic carbocycles. The molecule has 1 N–H and O–H groups in total. The average Bonchev–Trinajstić information content (AvgIpc) is 2.15. The van der Waals surface area contributed by atoms with Gasteiger partial charge in [-0.1, -0.05) is 26.8 Å². The van der Waals surface area contributed by atoms with E-state index in [4.69, 9.17) is 0 Å². The van der Waals surface area contributed by atoms with Gasteiger partial charge < -0.3 is 5.32 Å². The van der Waals surface area contributed by atoms with Gasteiger partial charge in [-0.2, -0.15) is 0 Å². The first-order valence-electron chi connectivity index (χ1n) is 5.61. The number of rotatable bonds is 3. The van der Waals surface area contributed by atoms with Crippen molar-refractivity contribution < 1.29 is 9.18 Å². The maximum Gasteiger partial charge on any atom is 0.255 e. The molecule has 0 saturated carbocycles. The SMILES string of the molecule is CCNC(=O)c1c(F)cccc1SC(C)(C)C. The van der Waals surface area contributed by atoms with E-state index in [0.29, 0.717) is 11.4 Å². The standard InChI is InChI=1S/C13H18FNOS/c1-5-15-12(16)11-9(14)7-6-8-10(11)17-13(2,3)4/h6-8H,5H2,1-4H3,(H,15,16). The van der Waals surface area contributed by atoms with Crippen molar-refractivity contribution >= 4 is 17.7 Å². The summed E-state index contributed by atoms with van der Waals surface area (Å²) in [4.78, 5) is 12.5. The highest BCUT2D eigenvalue weighted by atomic mass is 32.2. The molecule has 1 rings (SSSR count). The number of thioether (sulfide) groups is 1. The molecule has 0 bridgehead atoms. The van der Waals surface area contributed by atoms with Crippen LogP contribution in [0, 0.1) is 5.82 Å². The van der Waals surface area contributed by atoms with Crippen LogP contribution in [0.3, 0.4) is 0 Å². The quantitative estimate of drug-likeness (QED) is 0.838. The molecule has 0 fully saturated rings. The summed E-state index contributed by atoms with van der Waals surface area (Å²) >= 11 is 1.49. The number of amides is 1.